The van der Waals surface area contributed by atoms with Gasteiger partial charge < -0.3 is 4.57 Å². The van der Waals surface area contributed by atoms with Gasteiger partial charge in [-0.3, -0.25) is 4.90 Å². The van der Waals surface area contributed by atoms with Gasteiger partial charge in [0.05, 0.1) is 28.3 Å². The highest BCUT2D eigenvalue weighted by Crippen LogP contribution is 2.55. The van der Waals surface area contributed by atoms with E-state index in [1.807, 2.05) is 6.20 Å². The molecule has 214 valence electrons. The first-order valence-corrected chi connectivity index (χ1v) is 15.7. The van der Waals surface area contributed by atoms with E-state index in [-0.39, 0.29) is 0 Å². The second-order valence-corrected chi connectivity index (χ2v) is 12.0. The van der Waals surface area contributed by atoms with Crippen LogP contribution in [0.4, 0.5) is 17.2 Å². The highest BCUT2D eigenvalue weighted by atomic mass is 15.2. The topological polar surface area (TPSA) is 21.1 Å². The highest BCUT2D eigenvalue weighted by molar-refractivity contribution is 6.17. The van der Waals surface area contributed by atoms with E-state index >= 15 is 0 Å². The van der Waals surface area contributed by atoms with Crippen LogP contribution in [0, 0.1) is 0 Å². The van der Waals surface area contributed by atoms with Gasteiger partial charge in [-0.05, 0) is 51.9 Å². The Labute approximate surface area is 266 Å². The summed E-state index contributed by atoms with van der Waals surface area (Å²) in [5.74, 6) is 0.926. The zero-order valence-corrected chi connectivity index (χ0v) is 24.9. The van der Waals surface area contributed by atoms with Crippen molar-refractivity contribution in [1.29, 1.82) is 0 Å². The molecule has 2 aromatic heterocycles. The minimum Gasteiger partial charge on any atom is -0.308 e. The van der Waals surface area contributed by atoms with Crippen LogP contribution in [-0.4, -0.2) is 9.55 Å². The predicted octanol–water partition coefficient (Wildman–Crippen LogP) is 11.6. The summed E-state index contributed by atoms with van der Waals surface area (Å²) < 4.78 is 2.51. The number of benzene rings is 7. The number of para-hydroxylation sites is 3. The van der Waals surface area contributed by atoms with Gasteiger partial charge in [-0.25, -0.2) is 4.98 Å². The molecular weight excluding hydrogens is 558 g/mol. The largest absolute Gasteiger partial charge is 0.308 e. The van der Waals surface area contributed by atoms with Crippen LogP contribution in [0.3, 0.4) is 0 Å². The Morgan fingerprint density at radius 1 is 0.413 bits per heavy atom. The molecule has 0 unspecified atom stereocenters. The third-order valence-electron chi connectivity index (χ3n) is 9.54. The first-order valence-electron chi connectivity index (χ1n) is 15.7. The van der Waals surface area contributed by atoms with E-state index in [1.165, 1.54) is 60.3 Å². The van der Waals surface area contributed by atoms with Gasteiger partial charge in [-0.2, -0.15) is 0 Å². The lowest BCUT2D eigenvalue weighted by molar-refractivity contribution is 1.15. The van der Waals surface area contributed by atoms with Gasteiger partial charge in [-0.1, -0.05) is 127 Å². The van der Waals surface area contributed by atoms with Crippen LogP contribution in [0.5, 0.6) is 0 Å². The van der Waals surface area contributed by atoms with Gasteiger partial charge >= 0.3 is 0 Å². The fourth-order valence-corrected chi connectivity index (χ4v) is 7.63. The molecule has 0 saturated heterocycles. The van der Waals surface area contributed by atoms with Gasteiger partial charge in [-0.15, -0.1) is 0 Å². The minimum absolute atomic E-state index is 0.926. The molecule has 3 nitrogen and oxygen atoms in total. The van der Waals surface area contributed by atoms with E-state index in [4.69, 9.17) is 4.98 Å². The zero-order valence-electron chi connectivity index (χ0n) is 24.9. The molecule has 0 spiro atoms. The lowest BCUT2D eigenvalue weighted by atomic mass is 9.97. The van der Waals surface area contributed by atoms with Crippen molar-refractivity contribution < 1.29 is 0 Å². The van der Waals surface area contributed by atoms with Gasteiger partial charge in [0.2, 0.25) is 0 Å². The molecule has 0 radical (unpaired) electrons. The van der Waals surface area contributed by atoms with Crippen molar-refractivity contribution in [3.63, 3.8) is 0 Å². The van der Waals surface area contributed by atoms with Crippen molar-refractivity contribution in [3.05, 3.63) is 164 Å². The number of hydrogen-bond acceptors (Lipinski definition) is 2. The average molecular weight is 586 g/mol. The highest BCUT2D eigenvalue weighted by Gasteiger charge is 2.32. The molecule has 0 saturated carbocycles. The van der Waals surface area contributed by atoms with E-state index < -0.39 is 0 Å². The number of fused-ring (bicyclic) bond motifs is 11. The Hall–Kier alpha value is -6.19. The number of hydrogen-bond donors (Lipinski definition) is 0. The van der Waals surface area contributed by atoms with Crippen LogP contribution in [-0.2, 0) is 0 Å². The second kappa shape index (κ2) is 9.65. The van der Waals surface area contributed by atoms with E-state index in [1.54, 1.807) is 0 Å². The molecule has 0 fully saturated rings. The van der Waals surface area contributed by atoms with Crippen LogP contribution in [0.25, 0.3) is 71.3 Å². The molecule has 3 heterocycles. The summed E-state index contributed by atoms with van der Waals surface area (Å²) >= 11 is 0. The lowest BCUT2D eigenvalue weighted by Gasteiger charge is -2.27. The second-order valence-electron chi connectivity index (χ2n) is 12.0. The van der Waals surface area contributed by atoms with Crippen molar-refractivity contribution in [1.82, 2.24) is 9.55 Å². The number of rotatable bonds is 2. The molecule has 0 N–H and O–H groups in total. The predicted molar refractivity (Wildman–Crippen MR) is 193 cm³/mol. The molecule has 3 heteroatoms. The van der Waals surface area contributed by atoms with E-state index in [0.29, 0.717) is 0 Å². The summed E-state index contributed by atoms with van der Waals surface area (Å²) in [5.41, 5.74) is 9.35. The Morgan fingerprint density at radius 2 is 1.00 bits per heavy atom. The van der Waals surface area contributed by atoms with Gasteiger partial charge in [0.15, 0.2) is 0 Å². The van der Waals surface area contributed by atoms with Crippen molar-refractivity contribution >= 4 is 60.4 Å². The van der Waals surface area contributed by atoms with Crippen LogP contribution < -0.4 is 4.90 Å². The normalized spacial score (nSPS) is 12.3. The molecule has 0 bridgehead atoms. The molecule has 46 heavy (non-hydrogen) atoms. The number of aromatic nitrogens is 2. The van der Waals surface area contributed by atoms with Crippen molar-refractivity contribution in [2.75, 3.05) is 4.90 Å². The third-order valence-corrected chi connectivity index (χ3v) is 9.54. The molecule has 0 amide bonds. The van der Waals surface area contributed by atoms with Gasteiger partial charge in [0.1, 0.15) is 5.82 Å². The molecular formula is C43H27N3. The first kappa shape index (κ1) is 25.2. The standard InChI is InChI=1S/C43H27N3/c1-4-16-31-28(13-1)25-26-44-43(31)46-38-23-11-8-20-35(38)41-34-19-7-10-22-37(34)45(42(41)36-21-9-12-24-39(36)46)40-27-29-14-2-3-15-30(29)32-17-5-6-18-33(32)40/h1-27H. The molecule has 0 aliphatic carbocycles. The van der Waals surface area contributed by atoms with Gasteiger partial charge in [0.25, 0.3) is 0 Å². The quantitative estimate of drug-likeness (QED) is 0.188. The summed E-state index contributed by atoms with van der Waals surface area (Å²) in [4.78, 5) is 7.42. The van der Waals surface area contributed by atoms with Gasteiger partial charge in [0, 0.05) is 39.0 Å². The van der Waals surface area contributed by atoms with Crippen LogP contribution in [0.15, 0.2) is 164 Å². The fourth-order valence-electron chi connectivity index (χ4n) is 7.63. The summed E-state index contributed by atoms with van der Waals surface area (Å²) in [7, 11) is 0. The summed E-state index contributed by atoms with van der Waals surface area (Å²) in [6.45, 7) is 0. The van der Waals surface area contributed by atoms with Crippen LogP contribution >= 0.6 is 0 Å². The maximum Gasteiger partial charge on any atom is 0.145 e. The maximum atomic E-state index is 5.05. The summed E-state index contributed by atoms with van der Waals surface area (Å²) in [6, 6.07) is 57.0. The molecule has 9 aromatic rings. The zero-order chi connectivity index (χ0) is 30.2. The Balaban J connectivity index is 1.40. The van der Waals surface area contributed by atoms with Crippen molar-refractivity contribution in [3.8, 4) is 28.1 Å². The van der Waals surface area contributed by atoms with Crippen LogP contribution in [0.2, 0.25) is 0 Å². The Kier molecular flexibility index (Phi) is 5.28. The maximum absolute atomic E-state index is 5.05. The molecule has 10 rings (SSSR count). The number of nitrogens with zero attached hydrogens (tertiary/aromatic N) is 3. The minimum atomic E-state index is 0.926. The van der Waals surface area contributed by atoms with E-state index in [9.17, 15) is 0 Å². The summed E-state index contributed by atoms with van der Waals surface area (Å²) in [5, 5.41) is 8.49. The molecule has 1 aliphatic heterocycles. The first-order chi connectivity index (χ1) is 22.9. The fraction of sp³-hybridized carbons (Fsp3) is 0. The Bertz CT molecular complexity index is 2660. The van der Waals surface area contributed by atoms with E-state index in [0.717, 1.165) is 28.1 Å². The SMILES string of the molecule is c1ccc2c(c1)-c1c(n(-c3cc4ccccc4c4ccccc34)c3ccccc13)-c1ccccc1N2c1nccc2ccccc12. The average Bonchev–Trinajstić information content (AvgIpc) is 3.40. The number of pyridine rings is 1. The smallest absolute Gasteiger partial charge is 0.145 e. The molecule has 1 aliphatic rings. The molecule has 7 aromatic carbocycles. The third kappa shape index (κ3) is 3.45. The Morgan fingerprint density at radius 3 is 1.83 bits per heavy atom. The summed E-state index contributed by atoms with van der Waals surface area (Å²) in [6.07, 6.45) is 1.93. The molecule has 0 atom stereocenters. The van der Waals surface area contributed by atoms with Crippen molar-refractivity contribution in [2.45, 2.75) is 0 Å². The van der Waals surface area contributed by atoms with Crippen LogP contribution in [0.1, 0.15) is 0 Å². The lowest BCUT2D eigenvalue weighted by Crippen LogP contribution is -2.13. The van der Waals surface area contributed by atoms with Crippen molar-refractivity contribution in [2.24, 2.45) is 0 Å². The van der Waals surface area contributed by atoms with E-state index in [2.05, 4.69) is 167 Å². The monoisotopic (exact) mass is 585 g/mol. The number of anilines is 3.